The lowest BCUT2D eigenvalue weighted by molar-refractivity contribution is 0.0984. The summed E-state index contributed by atoms with van der Waals surface area (Å²) in [4.78, 5) is 13.9. The Labute approximate surface area is 111 Å². The van der Waals surface area contributed by atoms with Gasteiger partial charge in [0.1, 0.15) is 5.82 Å². The summed E-state index contributed by atoms with van der Waals surface area (Å²) in [5, 5.41) is 0. The Morgan fingerprint density at radius 3 is 2.53 bits per heavy atom. The highest BCUT2D eigenvalue weighted by Gasteiger charge is 2.19. The van der Waals surface area contributed by atoms with Crippen molar-refractivity contribution in [1.82, 2.24) is 0 Å². The van der Waals surface area contributed by atoms with Crippen molar-refractivity contribution in [3.8, 4) is 0 Å². The summed E-state index contributed by atoms with van der Waals surface area (Å²) >= 11 is 0. The molecule has 2 rings (SSSR count). The second-order valence-electron chi connectivity index (χ2n) is 4.12. The first-order valence-corrected chi connectivity index (χ1v) is 6.05. The number of nitrogen functional groups attached to an aromatic ring is 1. The van der Waals surface area contributed by atoms with E-state index in [0.29, 0.717) is 12.2 Å². The van der Waals surface area contributed by atoms with Gasteiger partial charge in [0.25, 0.3) is 5.91 Å². The predicted octanol–water partition coefficient (Wildman–Crippen LogP) is 3.07. The Morgan fingerprint density at radius 1 is 1.21 bits per heavy atom. The van der Waals surface area contributed by atoms with Gasteiger partial charge in [-0.15, -0.1) is 0 Å². The molecule has 3 nitrogen and oxygen atoms in total. The first-order valence-electron chi connectivity index (χ1n) is 6.05. The molecule has 0 aromatic heterocycles. The molecular weight excluding hydrogens is 243 g/mol. The Bertz CT molecular complexity index is 584. The summed E-state index contributed by atoms with van der Waals surface area (Å²) in [6.07, 6.45) is 0. The molecule has 0 saturated heterocycles. The van der Waals surface area contributed by atoms with Crippen LogP contribution in [0.3, 0.4) is 0 Å². The van der Waals surface area contributed by atoms with E-state index in [2.05, 4.69) is 0 Å². The monoisotopic (exact) mass is 258 g/mol. The van der Waals surface area contributed by atoms with Crippen molar-refractivity contribution >= 4 is 17.3 Å². The van der Waals surface area contributed by atoms with Crippen molar-refractivity contribution < 1.29 is 9.18 Å². The molecule has 0 bridgehead atoms. The molecule has 1 amide bonds. The zero-order valence-electron chi connectivity index (χ0n) is 10.6. The van der Waals surface area contributed by atoms with Crippen LogP contribution in [-0.4, -0.2) is 12.5 Å². The van der Waals surface area contributed by atoms with E-state index in [4.69, 9.17) is 5.73 Å². The summed E-state index contributed by atoms with van der Waals surface area (Å²) in [5.41, 5.74) is 6.70. The molecule has 0 unspecified atom stereocenters. The van der Waals surface area contributed by atoms with E-state index in [-0.39, 0.29) is 5.56 Å². The van der Waals surface area contributed by atoms with Crippen LogP contribution in [0.4, 0.5) is 15.8 Å². The van der Waals surface area contributed by atoms with Crippen molar-refractivity contribution in [3.05, 3.63) is 59.9 Å². The van der Waals surface area contributed by atoms with Crippen molar-refractivity contribution in [2.24, 2.45) is 0 Å². The van der Waals surface area contributed by atoms with Gasteiger partial charge in [0.15, 0.2) is 0 Å². The summed E-state index contributed by atoms with van der Waals surface area (Å²) in [6, 6.07) is 13.2. The number of nitrogens with two attached hydrogens (primary N) is 1. The van der Waals surface area contributed by atoms with Gasteiger partial charge in [0.05, 0.1) is 5.56 Å². The lowest BCUT2D eigenvalue weighted by atomic mass is 10.1. The van der Waals surface area contributed by atoms with Gasteiger partial charge in [-0.05, 0) is 37.3 Å². The molecule has 0 aliphatic rings. The number of halogens is 1. The molecule has 0 spiro atoms. The number of nitrogens with zero attached hydrogens (tertiary/aromatic N) is 1. The standard InChI is InChI=1S/C15H15FN2O/c1-2-18(12-6-4-3-5-7-12)15(19)13-10-11(17)8-9-14(13)16/h3-10H,2,17H2,1H3. The van der Waals surface area contributed by atoms with E-state index in [1.54, 1.807) is 0 Å². The lowest BCUT2D eigenvalue weighted by Gasteiger charge is -2.21. The Hall–Kier alpha value is -2.36. The molecule has 0 aliphatic carbocycles. The minimum Gasteiger partial charge on any atom is -0.399 e. The Balaban J connectivity index is 2.39. The zero-order chi connectivity index (χ0) is 13.8. The number of amides is 1. The number of benzene rings is 2. The second kappa shape index (κ2) is 5.52. The fourth-order valence-corrected chi connectivity index (χ4v) is 1.90. The van der Waals surface area contributed by atoms with Gasteiger partial charge in [-0.1, -0.05) is 18.2 Å². The van der Waals surface area contributed by atoms with Crippen LogP contribution in [0.1, 0.15) is 17.3 Å². The number of rotatable bonds is 3. The van der Waals surface area contributed by atoms with E-state index < -0.39 is 11.7 Å². The molecule has 0 heterocycles. The van der Waals surface area contributed by atoms with Gasteiger partial charge in [-0.25, -0.2) is 4.39 Å². The molecule has 0 fully saturated rings. The van der Waals surface area contributed by atoms with Crippen LogP contribution in [0.25, 0.3) is 0 Å². The van der Waals surface area contributed by atoms with E-state index in [9.17, 15) is 9.18 Å². The fraction of sp³-hybridized carbons (Fsp3) is 0.133. The van der Waals surface area contributed by atoms with Crippen LogP contribution in [0.15, 0.2) is 48.5 Å². The maximum Gasteiger partial charge on any atom is 0.261 e. The van der Waals surface area contributed by atoms with Gasteiger partial charge >= 0.3 is 0 Å². The van der Waals surface area contributed by atoms with Gasteiger partial charge in [0.2, 0.25) is 0 Å². The zero-order valence-corrected chi connectivity index (χ0v) is 10.6. The van der Waals surface area contributed by atoms with Crippen LogP contribution < -0.4 is 10.6 Å². The molecule has 0 aliphatic heterocycles. The maximum absolute atomic E-state index is 13.7. The minimum atomic E-state index is -0.561. The molecule has 0 radical (unpaired) electrons. The van der Waals surface area contributed by atoms with E-state index in [1.165, 1.54) is 23.1 Å². The number of anilines is 2. The number of hydrogen-bond donors (Lipinski definition) is 1. The van der Waals surface area contributed by atoms with Crippen molar-refractivity contribution in [2.45, 2.75) is 6.92 Å². The molecular formula is C15H15FN2O. The third kappa shape index (κ3) is 2.73. The summed E-state index contributed by atoms with van der Waals surface area (Å²) < 4.78 is 13.7. The van der Waals surface area contributed by atoms with Gasteiger partial charge < -0.3 is 10.6 Å². The summed E-state index contributed by atoms with van der Waals surface area (Å²) in [7, 11) is 0. The number of para-hydroxylation sites is 1. The first kappa shape index (κ1) is 13.1. The van der Waals surface area contributed by atoms with Crippen molar-refractivity contribution in [1.29, 1.82) is 0 Å². The second-order valence-corrected chi connectivity index (χ2v) is 4.12. The SMILES string of the molecule is CCN(C(=O)c1cc(N)ccc1F)c1ccccc1. The first-order chi connectivity index (χ1) is 9.13. The van der Waals surface area contributed by atoms with Crippen LogP contribution >= 0.6 is 0 Å². The largest absolute Gasteiger partial charge is 0.399 e. The Morgan fingerprint density at radius 2 is 1.89 bits per heavy atom. The molecule has 2 aromatic carbocycles. The van der Waals surface area contributed by atoms with Crippen LogP contribution in [-0.2, 0) is 0 Å². The molecule has 2 aromatic rings. The Kier molecular flexibility index (Phi) is 3.80. The van der Waals surface area contributed by atoms with E-state index in [1.807, 2.05) is 37.3 Å². The number of hydrogen-bond acceptors (Lipinski definition) is 2. The molecule has 98 valence electrons. The minimum absolute atomic E-state index is 0.00861. The molecule has 19 heavy (non-hydrogen) atoms. The fourth-order valence-electron chi connectivity index (χ4n) is 1.90. The van der Waals surface area contributed by atoms with Crippen molar-refractivity contribution in [2.75, 3.05) is 17.2 Å². The van der Waals surface area contributed by atoms with Crippen LogP contribution in [0.2, 0.25) is 0 Å². The van der Waals surface area contributed by atoms with Crippen LogP contribution in [0, 0.1) is 5.82 Å². The van der Waals surface area contributed by atoms with E-state index >= 15 is 0 Å². The van der Waals surface area contributed by atoms with Crippen molar-refractivity contribution in [3.63, 3.8) is 0 Å². The average molecular weight is 258 g/mol. The van der Waals surface area contributed by atoms with Gasteiger partial charge in [-0.2, -0.15) is 0 Å². The van der Waals surface area contributed by atoms with Gasteiger partial charge in [-0.3, -0.25) is 4.79 Å². The molecule has 0 saturated carbocycles. The smallest absolute Gasteiger partial charge is 0.261 e. The third-order valence-corrected chi connectivity index (χ3v) is 2.85. The third-order valence-electron chi connectivity index (χ3n) is 2.85. The highest BCUT2D eigenvalue weighted by atomic mass is 19.1. The number of carbonyl (C=O) groups excluding carboxylic acids is 1. The average Bonchev–Trinajstić information content (AvgIpc) is 2.43. The summed E-state index contributed by atoms with van der Waals surface area (Å²) in [6.45, 7) is 2.30. The number of carbonyl (C=O) groups is 1. The van der Waals surface area contributed by atoms with Gasteiger partial charge in [0, 0.05) is 17.9 Å². The molecule has 2 N–H and O–H groups in total. The lowest BCUT2D eigenvalue weighted by Crippen LogP contribution is -2.31. The predicted molar refractivity (Wildman–Crippen MR) is 74.6 cm³/mol. The maximum atomic E-state index is 13.7. The molecule has 0 atom stereocenters. The normalized spacial score (nSPS) is 10.2. The van der Waals surface area contributed by atoms with E-state index in [0.717, 1.165) is 5.69 Å². The summed E-state index contributed by atoms with van der Waals surface area (Å²) in [5.74, 6) is -0.952. The quantitative estimate of drug-likeness (QED) is 0.860. The molecule has 4 heteroatoms. The highest BCUT2D eigenvalue weighted by molar-refractivity contribution is 6.06. The highest BCUT2D eigenvalue weighted by Crippen LogP contribution is 2.19. The van der Waals surface area contributed by atoms with Crippen LogP contribution in [0.5, 0.6) is 0 Å². The topological polar surface area (TPSA) is 46.3 Å².